The van der Waals surface area contributed by atoms with Gasteiger partial charge in [-0.25, -0.2) is 14.5 Å². The molecule has 4 rings (SSSR count). The molecule has 13 nitrogen and oxygen atoms in total. The van der Waals surface area contributed by atoms with E-state index in [0.29, 0.717) is 0 Å². The second-order valence-electron chi connectivity index (χ2n) is 8.78. The van der Waals surface area contributed by atoms with E-state index in [1.54, 1.807) is 31.5 Å². The standard InChI is InChI=1S/C21H26BrFN7O6P/c1-11(12(2)31)9-37(34,27-7-13-4-3-5-25-6-13)35-8-14-16(32)21(22,23)19(36-14)30-10-26-15-17(30)28-20(24)29-18(15)33/h3-6,10-11,14,16,19,32H,7-9H2,1-2H3,(H,27,34)(H3,24,28,29,33)/t11-,14-,16?,19-,21-,37?/m1/s1. The number of hydrogen-bond acceptors (Lipinski definition) is 10. The molecule has 0 aliphatic carbocycles. The summed E-state index contributed by atoms with van der Waals surface area (Å²) in [6.07, 6.45) is -0.379. The van der Waals surface area contributed by atoms with Gasteiger partial charge in [0.05, 0.1) is 12.9 Å². The molecule has 16 heteroatoms. The van der Waals surface area contributed by atoms with Gasteiger partial charge >= 0.3 is 0 Å². The Hall–Kier alpha value is -2.55. The number of hydrogen-bond donors (Lipinski definition) is 4. The van der Waals surface area contributed by atoms with E-state index < -0.39 is 48.6 Å². The van der Waals surface area contributed by atoms with Crippen LogP contribution in [0.2, 0.25) is 0 Å². The summed E-state index contributed by atoms with van der Waals surface area (Å²) in [5, 5.41) is 13.6. The summed E-state index contributed by atoms with van der Waals surface area (Å²) in [4.78, 5) is 38.2. The fourth-order valence-electron chi connectivity index (χ4n) is 3.78. The first kappa shape index (κ1) is 27.5. The molecule has 0 amide bonds. The first-order chi connectivity index (χ1) is 17.4. The normalized spacial score (nSPS) is 26.2. The number of nitrogens with one attached hydrogen (secondary N) is 2. The number of carbonyl (C=O) groups is 1. The van der Waals surface area contributed by atoms with Gasteiger partial charge in [-0.15, -0.1) is 0 Å². The van der Waals surface area contributed by atoms with Crippen molar-refractivity contribution in [3.63, 3.8) is 0 Å². The number of imidazole rings is 1. The molecular weight excluding hydrogens is 576 g/mol. The number of Topliss-reactive ketones (excluding diaryl/α,β-unsaturated/α-hetero) is 1. The smallest absolute Gasteiger partial charge is 0.280 e. The Balaban J connectivity index is 1.54. The zero-order valence-corrected chi connectivity index (χ0v) is 22.4. The van der Waals surface area contributed by atoms with Gasteiger partial charge in [0.25, 0.3) is 13.1 Å². The molecule has 0 saturated carbocycles. The number of anilines is 1. The zero-order chi connectivity index (χ0) is 27.0. The topological polar surface area (TPSA) is 187 Å². The highest BCUT2D eigenvalue weighted by Gasteiger charge is 2.57. The SMILES string of the molecule is CC(=O)[C@H](C)CP(=O)(NCc1cccnc1)OC[C@H]1O[C@@H](n2cnc3c(=O)[nH]c(N)nc32)[C@@](F)(Br)C1O. The van der Waals surface area contributed by atoms with Crippen LogP contribution in [0, 0.1) is 5.92 Å². The van der Waals surface area contributed by atoms with Gasteiger partial charge in [-0.1, -0.05) is 13.0 Å². The van der Waals surface area contributed by atoms with Gasteiger partial charge in [-0.05, 0) is 34.5 Å². The van der Waals surface area contributed by atoms with Crippen LogP contribution in [0.25, 0.3) is 11.2 Å². The highest BCUT2D eigenvalue weighted by Crippen LogP contribution is 2.50. The van der Waals surface area contributed by atoms with E-state index >= 15 is 4.39 Å². The fraction of sp³-hybridized carbons (Fsp3) is 0.476. The number of nitrogens with two attached hydrogens (primary N) is 1. The van der Waals surface area contributed by atoms with Gasteiger partial charge in [0.2, 0.25) is 10.5 Å². The average molecular weight is 602 g/mol. The third-order valence-corrected chi connectivity index (χ3v) is 9.08. The lowest BCUT2D eigenvalue weighted by atomic mass is 10.1. The Morgan fingerprint density at radius 3 is 2.97 bits per heavy atom. The lowest BCUT2D eigenvalue weighted by Crippen LogP contribution is -2.38. The highest BCUT2D eigenvalue weighted by molar-refractivity contribution is 9.10. The number of rotatable bonds is 10. The molecule has 3 aromatic heterocycles. The molecule has 6 atom stereocenters. The maximum atomic E-state index is 15.7. The third-order valence-electron chi connectivity index (χ3n) is 5.99. The quantitative estimate of drug-likeness (QED) is 0.195. The summed E-state index contributed by atoms with van der Waals surface area (Å²) < 4.78 is 39.3. The van der Waals surface area contributed by atoms with Crippen molar-refractivity contribution in [3.05, 3.63) is 46.8 Å². The van der Waals surface area contributed by atoms with E-state index in [9.17, 15) is 19.3 Å². The number of aromatic amines is 1. The van der Waals surface area contributed by atoms with Gasteiger partial charge in [0, 0.05) is 31.0 Å². The molecule has 1 aliphatic heterocycles. The summed E-state index contributed by atoms with van der Waals surface area (Å²) in [5.41, 5.74) is 5.56. The number of nitrogen functional groups attached to an aromatic ring is 1. The van der Waals surface area contributed by atoms with Crippen molar-refractivity contribution in [3.8, 4) is 0 Å². The lowest BCUT2D eigenvalue weighted by Gasteiger charge is -2.24. The van der Waals surface area contributed by atoms with Crippen molar-refractivity contribution in [1.82, 2.24) is 29.6 Å². The Labute approximate surface area is 218 Å². The number of pyridine rings is 1. The van der Waals surface area contributed by atoms with Crippen LogP contribution in [0.4, 0.5) is 10.3 Å². The maximum absolute atomic E-state index is 15.7. The first-order valence-corrected chi connectivity index (χ1v) is 13.8. The monoisotopic (exact) mass is 601 g/mol. The third kappa shape index (κ3) is 5.81. The predicted octanol–water partition coefficient (Wildman–Crippen LogP) is 1.64. The van der Waals surface area contributed by atoms with E-state index in [1.165, 1.54) is 6.92 Å². The molecule has 1 aliphatic rings. The van der Waals surface area contributed by atoms with Crippen molar-refractivity contribution in [2.45, 2.75) is 43.4 Å². The number of carbonyl (C=O) groups excluding carboxylic acids is 1. The number of aromatic nitrogens is 5. The largest absolute Gasteiger partial charge is 0.386 e. The minimum atomic E-state index is -3.67. The number of ketones is 1. The van der Waals surface area contributed by atoms with Crippen LogP contribution in [0.15, 0.2) is 35.6 Å². The van der Waals surface area contributed by atoms with Gasteiger partial charge in [-0.2, -0.15) is 4.98 Å². The maximum Gasteiger partial charge on any atom is 0.280 e. The van der Waals surface area contributed by atoms with Crippen LogP contribution in [0.3, 0.4) is 0 Å². The molecular formula is C21H26BrFN7O6P. The molecule has 0 radical (unpaired) electrons. The van der Waals surface area contributed by atoms with Crippen LogP contribution in [0.5, 0.6) is 0 Å². The van der Waals surface area contributed by atoms with Gasteiger partial charge in [0.15, 0.2) is 17.4 Å². The fourth-order valence-corrected chi connectivity index (χ4v) is 6.52. The molecule has 0 spiro atoms. The number of nitrogens with zero attached hydrogens (tertiary/aromatic N) is 4. The number of H-pyrrole nitrogens is 1. The second kappa shape index (κ2) is 10.7. The minimum Gasteiger partial charge on any atom is -0.386 e. The Kier molecular flexibility index (Phi) is 7.93. The van der Waals surface area contributed by atoms with Crippen LogP contribution >= 0.6 is 23.4 Å². The molecule has 0 bridgehead atoms. The van der Waals surface area contributed by atoms with Crippen molar-refractivity contribution in [2.75, 3.05) is 18.5 Å². The van der Waals surface area contributed by atoms with E-state index in [1.807, 2.05) is 0 Å². The van der Waals surface area contributed by atoms with E-state index in [4.69, 9.17) is 15.0 Å². The van der Waals surface area contributed by atoms with E-state index in [-0.39, 0.29) is 35.6 Å². The van der Waals surface area contributed by atoms with E-state index in [0.717, 1.165) is 16.5 Å². The molecule has 2 unspecified atom stereocenters. The first-order valence-electron chi connectivity index (χ1n) is 11.2. The molecule has 1 saturated heterocycles. The van der Waals surface area contributed by atoms with Gasteiger partial charge in [0.1, 0.15) is 18.0 Å². The molecule has 4 heterocycles. The second-order valence-corrected chi connectivity index (χ2v) is 12.3. The lowest BCUT2D eigenvalue weighted by molar-refractivity contribution is -0.119. The average Bonchev–Trinajstić information content (AvgIpc) is 3.35. The van der Waals surface area contributed by atoms with Crippen LogP contribution in [0.1, 0.15) is 25.6 Å². The molecule has 3 aromatic rings. The zero-order valence-electron chi connectivity index (χ0n) is 19.9. The molecule has 5 N–H and O–H groups in total. The predicted molar refractivity (Wildman–Crippen MR) is 135 cm³/mol. The number of alkyl halides is 2. The summed E-state index contributed by atoms with van der Waals surface area (Å²) >= 11 is 2.87. The highest BCUT2D eigenvalue weighted by atomic mass is 79.9. The Bertz CT molecular complexity index is 1390. The summed E-state index contributed by atoms with van der Waals surface area (Å²) in [6, 6.07) is 3.49. The molecule has 200 valence electrons. The number of aliphatic hydroxyl groups excluding tert-OH is 1. The van der Waals surface area contributed by atoms with Crippen LogP contribution in [-0.2, 0) is 25.2 Å². The number of ether oxygens (including phenoxy) is 1. The van der Waals surface area contributed by atoms with E-state index in [2.05, 4.69) is 41.0 Å². The minimum absolute atomic E-state index is 0.0550. The number of aliphatic hydroxyl groups is 1. The van der Waals surface area contributed by atoms with Crippen LogP contribution < -0.4 is 16.4 Å². The molecule has 1 fully saturated rings. The Morgan fingerprint density at radius 2 is 2.30 bits per heavy atom. The van der Waals surface area contributed by atoms with Crippen molar-refractivity contribution in [2.24, 2.45) is 5.92 Å². The summed E-state index contributed by atoms with van der Waals surface area (Å²) in [7, 11) is -3.67. The molecule has 0 aromatic carbocycles. The van der Waals surface area contributed by atoms with Crippen molar-refractivity contribution < 1.29 is 28.1 Å². The van der Waals surface area contributed by atoms with Gasteiger partial charge < -0.3 is 20.1 Å². The molecule has 37 heavy (non-hydrogen) atoms. The van der Waals surface area contributed by atoms with Crippen LogP contribution in [-0.4, -0.2) is 64.9 Å². The number of fused-ring (bicyclic) bond motifs is 1. The van der Waals surface area contributed by atoms with Crippen molar-refractivity contribution in [1.29, 1.82) is 0 Å². The summed E-state index contributed by atoms with van der Waals surface area (Å²) in [5.74, 6) is -0.976. The summed E-state index contributed by atoms with van der Waals surface area (Å²) in [6.45, 7) is 2.67. The van der Waals surface area contributed by atoms with Crippen molar-refractivity contribution >= 4 is 46.3 Å². The van der Waals surface area contributed by atoms with Gasteiger partial charge in [-0.3, -0.25) is 28.7 Å². The number of halogens is 2. The Morgan fingerprint density at radius 1 is 1.54 bits per heavy atom.